The summed E-state index contributed by atoms with van der Waals surface area (Å²) < 4.78 is 26.2. The summed E-state index contributed by atoms with van der Waals surface area (Å²) in [5, 5.41) is 33.6. The molecule has 134 heavy (non-hydrogen) atoms. The molecule has 0 amide bonds. The summed E-state index contributed by atoms with van der Waals surface area (Å²) in [4.78, 5) is 39.7. The van der Waals surface area contributed by atoms with Crippen LogP contribution in [0.15, 0.2) is 250 Å². The van der Waals surface area contributed by atoms with Crippen molar-refractivity contribution in [2.24, 2.45) is 10.7 Å². The molecule has 8 aromatic carbocycles. The fraction of sp³-hybridized carbons (Fsp3) is 0.339. The van der Waals surface area contributed by atoms with E-state index in [1.807, 2.05) is 151 Å². The number of fused-ring (bicyclic) bond motifs is 4. The largest absolute Gasteiger partial charge is 0.494 e. The highest BCUT2D eigenvalue weighted by Gasteiger charge is 2.21. The molecule has 0 fully saturated rings. The summed E-state index contributed by atoms with van der Waals surface area (Å²) in [6.07, 6.45) is 5.02. The van der Waals surface area contributed by atoms with Crippen LogP contribution in [0.5, 0.6) is 17.2 Å². The van der Waals surface area contributed by atoms with Crippen LogP contribution in [0.25, 0.3) is 44.1 Å². The van der Waals surface area contributed by atoms with Gasteiger partial charge in [-0.05, 0) is 268 Å². The molecule has 8 aromatic heterocycles. The van der Waals surface area contributed by atoms with Gasteiger partial charge in [-0.15, -0.1) is 57.1 Å². The van der Waals surface area contributed by atoms with Gasteiger partial charge in [0.05, 0.1) is 91.7 Å². The number of aromatic nitrogens is 8. The lowest BCUT2D eigenvalue weighted by molar-refractivity contribution is 0.291. The van der Waals surface area contributed by atoms with Crippen molar-refractivity contribution in [3.8, 4) is 17.2 Å². The van der Waals surface area contributed by atoms with E-state index in [9.17, 15) is 0 Å². The Morgan fingerprint density at radius 1 is 0.351 bits per heavy atom. The summed E-state index contributed by atoms with van der Waals surface area (Å²) in [5.41, 5.74) is 26.1. The highest BCUT2D eigenvalue weighted by Crippen LogP contribution is 2.31. The summed E-state index contributed by atoms with van der Waals surface area (Å²) in [5.74, 6) is 8.65. The van der Waals surface area contributed by atoms with Gasteiger partial charge >= 0.3 is 0 Å². The number of ether oxygens (including phenoxy) is 3. The van der Waals surface area contributed by atoms with E-state index in [1.54, 1.807) is 45.3 Å². The number of thioether (sulfide) groups is 1. The number of hydrogen-bond acceptors (Lipinski definition) is 20. The van der Waals surface area contributed by atoms with Crippen molar-refractivity contribution in [3.05, 3.63) is 322 Å². The second kappa shape index (κ2) is 50.7. The third kappa shape index (κ3) is 27.9. The highest BCUT2D eigenvalue weighted by atomic mass is 32.2. The van der Waals surface area contributed by atoms with E-state index in [4.69, 9.17) is 56.1 Å². The zero-order valence-electron chi connectivity index (χ0n) is 79.9. The van der Waals surface area contributed by atoms with Crippen molar-refractivity contribution >= 4 is 130 Å². The summed E-state index contributed by atoms with van der Waals surface area (Å²) in [6, 6.07) is 75.5. The number of thiophene rings is 4. The molecule has 20 nitrogen and oxygen atoms in total. The molecule has 0 bridgehead atoms. The molecule has 0 atom stereocenters. The molecule has 0 radical (unpaired) electrons. The fourth-order valence-electron chi connectivity index (χ4n) is 16.5. The van der Waals surface area contributed by atoms with Crippen molar-refractivity contribution in [1.29, 1.82) is 16.2 Å². The molecule has 8 heterocycles. The van der Waals surface area contributed by atoms with Crippen LogP contribution in [0.1, 0.15) is 151 Å². The molecule has 0 unspecified atom stereocenters. The van der Waals surface area contributed by atoms with Gasteiger partial charge in [-0.3, -0.25) is 0 Å². The van der Waals surface area contributed by atoms with Gasteiger partial charge in [-0.25, -0.2) is 24.9 Å². The molecule has 16 aromatic rings. The fourth-order valence-corrected chi connectivity index (χ4v) is 19.8. The molecule has 0 aliphatic carbocycles. The van der Waals surface area contributed by atoms with Crippen LogP contribution in [-0.4, -0.2) is 186 Å². The van der Waals surface area contributed by atoms with Gasteiger partial charge in [-0.1, -0.05) is 139 Å². The van der Waals surface area contributed by atoms with Crippen LogP contribution in [0.4, 0.5) is 5.69 Å². The Balaban J connectivity index is 0.000000152. The van der Waals surface area contributed by atoms with E-state index in [0.29, 0.717) is 62.1 Å². The van der Waals surface area contributed by atoms with Gasteiger partial charge in [0.2, 0.25) is 0 Å². The molecule has 25 heteroatoms. The van der Waals surface area contributed by atoms with Gasteiger partial charge in [0.1, 0.15) is 46.4 Å². The maximum atomic E-state index is 8.50. The monoisotopic (exact) mass is 1890 g/mol. The first-order valence-corrected chi connectivity index (χ1v) is 51.7. The predicted octanol–water partition coefficient (Wildman–Crippen LogP) is 23.5. The standard InChI is InChI=1S/2C28H34N4OS.C27H33N5S2.C26H30N4OS/c2*1-4-31(5-2)15-16-32-26-19-22(18-24(29)27-8-7-17-34-27)11-14-25(26)30-28(32)20-21-9-12-23(13-10-21)33-6-3;1-4-31(5-2)15-16-32-24-14-11-21(29-27(28)25-8-7-17-34-25)19-23(24)30-26(32)18-20-9-12-22(13-10-20)33-6-3;1-4-31-21-10-7-19(8-11-21)18-26-28-23-12-9-20(16-22(27)25-6-5-15-32-25)17-24(23)30(26)14-13-29(2)3/h2*7-14,17,19,29H,4-6,15-16,18,20H2,1-3H3;7-14,17,19H,4-6,15-16,18H2,1-3H3,(H2,28,29);5-12,15,17,27H,4,13-14,16,18H2,1-3H3. The van der Waals surface area contributed by atoms with Gasteiger partial charge in [0.25, 0.3) is 0 Å². The van der Waals surface area contributed by atoms with E-state index in [1.165, 1.54) is 27.1 Å². The quantitative estimate of drug-likeness (QED) is 0.0159. The van der Waals surface area contributed by atoms with Gasteiger partial charge in [0.15, 0.2) is 0 Å². The lowest BCUT2D eigenvalue weighted by atomic mass is 10.1. The number of hydrogen-bond donors (Lipinski definition) is 4. The third-order valence-corrected chi connectivity index (χ3v) is 28.4. The van der Waals surface area contributed by atoms with Crippen LogP contribution in [0.3, 0.4) is 0 Å². The highest BCUT2D eigenvalue weighted by molar-refractivity contribution is 7.99. The summed E-state index contributed by atoms with van der Waals surface area (Å²) in [7, 11) is 4.19. The lowest BCUT2D eigenvalue weighted by Gasteiger charge is -2.19. The van der Waals surface area contributed by atoms with E-state index in [2.05, 4.69) is 227 Å². The van der Waals surface area contributed by atoms with Crippen LogP contribution < -0.4 is 19.9 Å². The van der Waals surface area contributed by atoms with Crippen molar-refractivity contribution in [2.45, 2.75) is 145 Å². The molecule has 700 valence electrons. The van der Waals surface area contributed by atoms with Crippen molar-refractivity contribution in [1.82, 2.24) is 57.8 Å². The first kappa shape index (κ1) is 100.0. The Hall–Kier alpha value is -11.5. The minimum Gasteiger partial charge on any atom is -0.494 e. The van der Waals surface area contributed by atoms with Crippen LogP contribution in [0.2, 0.25) is 0 Å². The molecule has 0 aliphatic rings. The number of amidine groups is 1. The molecule has 0 saturated carbocycles. The molecule has 16 rings (SSSR count). The summed E-state index contributed by atoms with van der Waals surface area (Å²) >= 11 is 8.34. The Kier molecular flexibility index (Phi) is 37.8. The zero-order chi connectivity index (χ0) is 94.2. The van der Waals surface area contributed by atoms with Crippen molar-refractivity contribution in [3.63, 3.8) is 0 Å². The second-order valence-corrected chi connectivity index (χ2v) is 38.3. The Bertz CT molecular complexity index is 6170. The van der Waals surface area contributed by atoms with E-state index < -0.39 is 0 Å². The molecule has 0 aliphatic heterocycles. The number of nitrogens with two attached hydrogens (primary N) is 1. The van der Waals surface area contributed by atoms with Gasteiger partial charge in [0, 0.05) is 117 Å². The minimum absolute atomic E-state index is 0.542. The molecule has 5 N–H and O–H groups in total. The molecular weight excluding hydrogens is 1760 g/mol. The third-order valence-electron chi connectivity index (χ3n) is 23.9. The molecular formula is C109H131N17O3S5. The van der Waals surface area contributed by atoms with Crippen LogP contribution in [0, 0.1) is 16.2 Å². The average Bonchev–Trinajstić information content (AvgIpc) is 1.65. The van der Waals surface area contributed by atoms with Crippen molar-refractivity contribution in [2.75, 3.05) is 105 Å². The maximum Gasteiger partial charge on any atom is 0.141 e. The lowest BCUT2D eigenvalue weighted by Crippen LogP contribution is -2.27. The zero-order valence-corrected chi connectivity index (χ0v) is 84.0. The maximum absolute atomic E-state index is 8.50. The topological polar surface area (TPSA) is 222 Å². The Morgan fingerprint density at radius 3 is 0.963 bits per heavy atom. The normalized spacial score (nSPS) is 11.6. The van der Waals surface area contributed by atoms with Crippen LogP contribution >= 0.6 is 57.1 Å². The molecule has 0 saturated heterocycles. The Morgan fingerprint density at radius 2 is 0.657 bits per heavy atom. The number of rotatable bonds is 45. The average molecular weight is 1890 g/mol. The number of aliphatic imine (C=N–C) groups is 1. The molecule has 0 spiro atoms. The van der Waals surface area contributed by atoms with Gasteiger partial charge in [-0.2, -0.15) is 0 Å². The number of nitrogens with zero attached hydrogens (tertiary/aromatic N) is 13. The predicted molar refractivity (Wildman–Crippen MR) is 567 cm³/mol. The number of imidazole rings is 4. The Labute approximate surface area is 812 Å². The number of likely N-dealkylation sites (N-methyl/N-ethyl adjacent to an activating group) is 4. The second-order valence-electron chi connectivity index (χ2n) is 33.1. The smallest absolute Gasteiger partial charge is 0.141 e. The van der Waals surface area contributed by atoms with E-state index >= 15 is 0 Å². The summed E-state index contributed by atoms with van der Waals surface area (Å²) in [6.45, 7) is 37.3. The van der Waals surface area contributed by atoms with Crippen molar-refractivity contribution < 1.29 is 14.2 Å². The van der Waals surface area contributed by atoms with Crippen LogP contribution in [-0.2, 0) is 71.1 Å². The SMILES string of the molecule is CCOc1ccc(Cc2nc3ccc(CC(=N)c4cccs4)cc3n2CCN(C)C)cc1.CCOc1ccc(Cc2nc3ccc(CC(=N)c4cccs4)cc3n2CCN(CC)CC)cc1.CCOc1ccc(Cc2nc3ccc(CC(=N)c4cccs4)cc3n2CCN(CC)CC)cc1.CCSc1ccc(Cc2nc3cc(N=C(N)c4cccs4)ccc3n2CCN(CC)CC)cc1. The first-order valence-electron chi connectivity index (χ1n) is 47.2. The minimum atomic E-state index is 0.542. The first-order chi connectivity index (χ1) is 65.3. The van der Waals surface area contributed by atoms with E-state index in [-0.39, 0.29) is 0 Å². The van der Waals surface area contributed by atoms with Gasteiger partial charge < -0.3 is 74.0 Å². The number of benzene rings is 8. The number of nitrogens with one attached hydrogen (secondary N) is 3. The van der Waals surface area contributed by atoms with E-state index in [0.717, 1.165) is 250 Å².